The molecule has 0 radical (unpaired) electrons. The summed E-state index contributed by atoms with van der Waals surface area (Å²) >= 11 is 0. The lowest BCUT2D eigenvalue weighted by Crippen LogP contribution is -2.12. The highest BCUT2D eigenvalue weighted by Crippen LogP contribution is 2.43. The zero-order chi connectivity index (χ0) is 49.6. The first-order valence-electron chi connectivity index (χ1n) is 25.9. The number of hydrogen-bond acceptors (Lipinski definition) is 2. The van der Waals surface area contributed by atoms with Gasteiger partial charge in [-0.15, -0.1) is 0 Å². The molecule has 0 saturated heterocycles. The van der Waals surface area contributed by atoms with Crippen molar-refractivity contribution in [2.24, 2.45) is 0 Å². The van der Waals surface area contributed by atoms with Crippen molar-refractivity contribution in [2.45, 2.75) is 67.2 Å². The summed E-state index contributed by atoms with van der Waals surface area (Å²) in [4.78, 5) is 4.80. The van der Waals surface area contributed by atoms with Crippen LogP contribution in [-0.2, 0) is 25.7 Å². The van der Waals surface area contributed by atoms with Gasteiger partial charge in [-0.1, -0.05) is 185 Å². The molecule has 10 rings (SSSR count). The van der Waals surface area contributed by atoms with Crippen molar-refractivity contribution >= 4 is 34.1 Å². The Morgan fingerprint density at radius 3 is 0.583 bits per heavy atom. The van der Waals surface area contributed by atoms with Crippen molar-refractivity contribution in [1.82, 2.24) is 0 Å². The van der Waals surface area contributed by atoms with Crippen LogP contribution in [0.15, 0.2) is 231 Å². The molecule has 10 aromatic rings. The Bertz CT molecular complexity index is 2970. The molecule has 0 heterocycles. The number of anilines is 6. The van der Waals surface area contributed by atoms with E-state index in [0.29, 0.717) is 0 Å². The maximum absolute atomic E-state index is 2.40. The molecule has 0 saturated carbocycles. The molecule has 0 amide bonds. The third-order valence-electron chi connectivity index (χ3n) is 14.5. The van der Waals surface area contributed by atoms with Gasteiger partial charge in [0, 0.05) is 34.1 Å². The minimum absolute atomic E-state index is 1.04. The second-order valence-electron chi connectivity index (χ2n) is 19.1. The Morgan fingerprint density at radius 2 is 0.403 bits per heavy atom. The largest absolute Gasteiger partial charge is 0.310 e. The van der Waals surface area contributed by atoms with Crippen molar-refractivity contribution < 1.29 is 0 Å². The summed E-state index contributed by atoms with van der Waals surface area (Å²) in [5.74, 6) is 0. The Balaban J connectivity index is 0.985. The lowest BCUT2D eigenvalue weighted by molar-refractivity contribution is 1.14. The van der Waals surface area contributed by atoms with Crippen LogP contribution in [-0.4, -0.2) is 0 Å². The highest BCUT2D eigenvalue weighted by molar-refractivity contribution is 5.85. The van der Waals surface area contributed by atoms with Crippen molar-refractivity contribution in [3.63, 3.8) is 0 Å². The minimum atomic E-state index is 1.04. The Labute approximate surface area is 428 Å². The fraction of sp³-hybridized carbons (Fsp3) is 0.143. The van der Waals surface area contributed by atoms with Crippen LogP contribution in [0.1, 0.15) is 61.1 Å². The van der Waals surface area contributed by atoms with Crippen LogP contribution >= 0.6 is 0 Å². The summed E-state index contributed by atoms with van der Waals surface area (Å²) < 4.78 is 0. The van der Waals surface area contributed by atoms with E-state index in [0.717, 1.165) is 59.8 Å². The molecule has 0 fully saturated rings. The van der Waals surface area contributed by atoms with Gasteiger partial charge in [0.2, 0.25) is 0 Å². The minimum Gasteiger partial charge on any atom is -0.310 e. The molecular formula is C70H64N2. The van der Waals surface area contributed by atoms with Gasteiger partial charge in [-0.05, 0) is 201 Å². The number of aryl methyl sites for hydroxylation is 6. The molecule has 2 heteroatoms. The van der Waals surface area contributed by atoms with Crippen LogP contribution in [0.3, 0.4) is 0 Å². The van der Waals surface area contributed by atoms with Crippen LogP contribution in [0, 0.1) is 13.8 Å². The molecule has 2 nitrogen and oxygen atoms in total. The average Bonchev–Trinajstić information content (AvgIpc) is 3.45. The van der Waals surface area contributed by atoms with Crippen LogP contribution in [0.4, 0.5) is 34.1 Å². The topological polar surface area (TPSA) is 6.48 Å². The van der Waals surface area contributed by atoms with Gasteiger partial charge in [0.15, 0.2) is 0 Å². The number of hydrogen-bond donors (Lipinski definition) is 0. The molecule has 0 N–H and O–H groups in total. The predicted molar refractivity (Wildman–Crippen MR) is 310 cm³/mol. The summed E-state index contributed by atoms with van der Waals surface area (Å²) in [6.45, 7) is 13.3. The van der Waals surface area contributed by atoms with Crippen LogP contribution < -0.4 is 9.80 Å². The summed E-state index contributed by atoms with van der Waals surface area (Å²) in [6.07, 6.45) is 4.14. The summed E-state index contributed by atoms with van der Waals surface area (Å²) in [7, 11) is 0. The zero-order valence-corrected chi connectivity index (χ0v) is 42.7. The van der Waals surface area contributed by atoms with Gasteiger partial charge in [0.05, 0.1) is 0 Å². The van der Waals surface area contributed by atoms with Gasteiger partial charge in [0.25, 0.3) is 0 Å². The molecule has 0 aliphatic carbocycles. The van der Waals surface area contributed by atoms with E-state index in [2.05, 4.69) is 282 Å². The molecular weight excluding hydrogens is 869 g/mol. The molecule has 0 bridgehead atoms. The normalized spacial score (nSPS) is 11.1. The van der Waals surface area contributed by atoms with Crippen molar-refractivity contribution in [3.05, 3.63) is 264 Å². The Hall–Kier alpha value is -8.20. The standard InChI is InChI=1S/C70H64N2/c1-7-51-11-19-55(20-12-51)59-27-37-65(38-28-59)71(66-39-29-60(30-40-66)56-21-13-52(8-2)14-22-56)69-45-35-63(47-49(69)5)64-36-46-70(50(6)48-64)72(67-41-31-61(32-42-67)57-23-15-53(9-3)16-24-57)68-43-33-62(34-44-68)58-25-17-54(10-4)18-26-58/h11-48H,7-10H2,1-6H3. The van der Waals surface area contributed by atoms with Gasteiger partial charge >= 0.3 is 0 Å². The maximum Gasteiger partial charge on any atom is 0.0491 e. The molecule has 0 unspecified atom stereocenters. The van der Waals surface area contributed by atoms with E-state index < -0.39 is 0 Å². The highest BCUT2D eigenvalue weighted by atomic mass is 15.1. The second-order valence-corrected chi connectivity index (χ2v) is 19.1. The van der Waals surface area contributed by atoms with Crippen LogP contribution in [0.25, 0.3) is 55.6 Å². The van der Waals surface area contributed by atoms with E-state index in [1.807, 2.05) is 0 Å². The molecule has 10 aromatic carbocycles. The molecule has 72 heavy (non-hydrogen) atoms. The van der Waals surface area contributed by atoms with Gasteiger partial charge in [-0.2, -0.15) is 0 Å². The molecule has 0 aliphatic rings. The average molecular weight is 933 g/mol. The predicted octanol–water partition coefficient (Wildman–Crippen LogP) is 19.8. The second kappa shape index (κ2) is 21.4. The lowest BCUT2D eigenvalue weighted by atomic mass is 9.97. The van der Waals surface area contributed by atoms with Crippen LogP contribution in [0.2, 0.25) is 0 Å². The maximum atomic E-state index is 2.40. The Morgan fingerprint density at radius 1 is 0.222 bits per heavy atom. The summed E-state index contributed by atoms with van der Waals surface area (Å²) in [5, 5.41) is 0. The number of rotatable bonds is 15. The zero-order valence-electron chi connectivity index (χ0n) is 42.7. The monoisotopic (exact) mass is 933 g/mol. The number of nitrogens with zero attached hydrogens (tertiary/aromatic N) is 2. The molecule has 0 aliphatic heterocycles. The molecule has 0 atom stereocenters. The number of benzene rings is 10. The van der Waals surface area contributed by atoms with E-state index in [9.17, 15) is 0 Å². The van der Waals surface area contributed by atoms with Crippen molar-refractivity contribution in [3.8, 4) is 55.6 Å². The van der Waals surface area contributed by atoms with E-state index in [1.165, 1.54) is 89.0 Å². The third-order valence-corrected chi connectivity index (χ3v) is 14.5. The Kier molecular flexibility index (Phi) is 14.1. The van der Waals surface area contributed by atoms with Gasteiger partial charge in [-0.25, -0.2) is 0 Å². The van der Waals surface area contributed by atoms with Crippen LogP contribution in [0.5, 0.6) is 0 Å². The summed E-state index contributed by atoms with van der Waals surface area (Å²) in [6, 6.07) is 85.8. The lowest BCUT2D eigenvalue weighted by Gasteiger charge is -2.28. The first-order chi connectivity index (χ1) is 35.3. The molecule has 0 spiro atoms. The smallest absolute Gasteiger partial charge is 0.0491 e. The SMILES string of the molecule is CCc1ccc(-c2ccc(N(c3ccc(-c4ccc(CC)cc4)cc3)c3ccc(-c4ccc(N(c5ccc(-c6ccc(CC)cc6)cc5)c5ccc(-c6ccc(CC)cc6)cc5)c(C)c4)cc3C)cc2)cc1. The highest BCUT2D eigenvalue weighted by Gasteiger charge is 2.19. The quantitative estimate of drug-likeness (QED) is 0.101. The van der Waals surface area contributed by atoms with Gasteiger partial charge in [0.1, 0.15) is 0 Å². The molecule has 0 aromatic heterocycles. The van der Waals surface area contributed by atoms with E-state index in [-0.39, 0.29) is 0 Å². The summed E-state index contributed by atoms with van der Waals surface area (Å²) in [5.41, 5.74) is 26.7. The van der Waals surface area contributed by atoms with Crippen molar-refractivity contribution in [1.29, 1.82) is 0 Å². The van der Waals surface area contributed by atoms with E-state index in [4.69, 9.17) is 0 Å². The fourth-order valence-corrected chi connectivity index (χ4v) is 9.97. The first-order valence-corrected chi connectivity index (χ1v) is 25.9. The van der Waals surface area contributed by atoms with E-state index >= 15 is 0 Å². The van der Waals surface area contributed by atoms with Gasteiger partial charge < -0.3 is 9.80 Å². The fourth-order valence-electron chi connectivity index (χ4n) is 9.97. The molecule has 354 valence electrons. The van der Waals surface area contributed by atoms with Gasteiger partial charge in [-0.3, -0.25) is 0 Å². The van der Waals surface area contributed by atoms with E-state index in [1.54, 1.807) is 0 Å². The third kappa shape index (κ3) is 10.2. The first kappa shape index (κ1) is 47.5. The van der Waals surface area contributed by atoms with Crippen molar-refractivity contribution in [2.75, 3.05) is 9.80 Å².